The summed E-state index contributed by atoms with van der Waals surface area (Å²) in [6.07, 6.45) is 2.53. The van der Waals surface area contributed by atoms with Crippen molar-refractivity contribution in [3.8, 4) is 0 Å². The van der Waals surface area contributed by atoms with Gasteiger partial charge in [0.2, 0.25) is 0 Å². The molecule has 98 valence electrons. The summed E-state index contributed by atoms with van der Waals surface area (Å²) in [5, 5.41) is 7.43. The Morgan fingerprint density at radius 1 is 1.35 bits per heavy atom. The van der Waals surface area contributed by atoms with Gasteiger partial charge >= 0.3 is 0 Å². The van der Waals surface area contributed by atoms with E-state index in [4.69, 9.17) is 9.47 Å². The second kappa shape index (κ2) is 9.09. The van der Waals surface area contributed by atoms with Crippen LogP contribution in [0.25, 0.3) is 0 Å². The number of methoxy groups -OCH3 is 1. The van der Waals surface area contributed by atoms with Crippen LogP contribution < -0.4 is 5.32 Å². The molecule has 0 unspecified atom stereocenters. The average Bonchev–Trinajstić information content (AvgIpc) is 2.78. The van der Waals surface area contributed by atoms with Crippen molar-refractivity contribution < 1.29 is 9.47 Å². The van der Waals surface area contributed by atoms with Crippen LogP contribution in [0, 0.1) is 0 Å². The van der Waals surface area contributed by atoms with Crippen LogP contribution in [0.2, 0.25) is 0 Å². The average molecular weight is 242 g/mol. The molecule has 0 fully saturated rings. The Labute approximate surface area is 102 Å². The molecule has 0 radical (unpaired) electrons. The highest BCUT2D eigenvalue weighted by atomic mass is 16.5. The van der Waals surface area contributed by atoms with E-state index in [0.29, 0.717) is 13.2 Å². The molecular weight excluding hydrogens is 220 g/mol. The molecule has 0 amide bonds. The maximum Gasteiger partial charge on any atom is 0.140 e. The van der Waals surface area contributed by atoms with Gasteiger partial charge in [0.05, 0.1) is 19.8 Å². The number of aromatic nitrogens is 3. The summed E-state index contributed by atoms with van der Waals surface area (Å²) in [5.41, 5.74) is 0. The Kier molecular flexibility index (Phi) is 7.53. The fraction of sp³-hybridized carbons (Fsp3) is 0.818. The van der Waals surface area contributed by atoms with Gasteiger partial charge in [0.25, 0.3) is 0 Å². The first-order chi connectivity index (χ1) is 8.38. The summed E-state index contributed by atoms with van der Waals surface area (Å²) in [6, 6.07) is 0. The van der Waals surface area contributed by atoms with E-state index in [9.17, 15) is 0 Å². The molecule has 0 atom stereocenters. The van der Waals surface area contributed by atoms with Gasteiger partial charge in [0.15, 0.2) is 0 Å². The van der Waals surface area contributed by atoms with Crippen LogP contribution in [0.1, 0.15) is 19.2 Å². The van der Waals surface area contributed by atoms with Crippen LogP contribution in [0.15, 0.2) is 6.33 Å². The lowest BCUT2D eigenvalue weighted by molar-refractivity contribution is 0.0676. The quantitative estimate of drug-likeness (QED) is 0.603. The van der Waals surface area contributed by atoms with E-state index in [2.05, 4.69) is 22.3 Å². The van der Waals surface area contributed by atoms with Crippen LogP contribution in [-0.2, 0) is 22.6 Å². The van der Waals surface area contributed by atoms with Gasteiger partial charge in [-0.3, -0.25) is 0 Å². The number of nitrogens with one attached hydrogen (secondary N) is 1. The van der Waals surface area contributed by atoms with Gasteiger partial charge in [-0.1, -0.05) is 6.92 Å². The predicted molar refractivity (Wildman–Crippen MR) is 64.7 cm³/mol. The van der Waals surface area contributed by atoms with Gasteiger partial charge in [0.1, 0.15) is 12.2 Å². The largest absolute Gasteiger partial charge is 0.382 e. The molecule has 0 aromatic carbocycles. The molecule has 1 aromatic heterocycles. The van der Waals surface area contributed by atoms with Gasteiger partial charge in [-0.25, -0.2) is 9.67 Å². The number of nitrogens with zero attached hydrogens (tertiary/aromatic N) is 3. The van der Waals surface area contributed by atoms with Crippen LogP contribution in [0.3, 0.4) is 0 Å². The molecule has 1 aromatic rings. The standard InChI is InChI=1S/C11H22N4O2/c1-3-12-9-11-13-10-14-15(11)5-4-6-17-8-7-16-2/h10,12H,3-9H2,1-2H3. The highest BCUT2D eigenvalue weighted by Gasteiger charge is 2.02. The number of ether oxygens (including phenoxy) is 2. The van der Waals surface area contributed by atoms with Crippen molar-refractivity contribution in [1.29, 1.82) is 0 Å². The Morgan fingerprint density at radius 2 is 2.24 bits per heavy atom. The molecule has 1 heterocycles. The third-order valence-corrected chi connectivity index (χ3v) is 2.32. The minimum absolute atomic E-state index is 0.648. The number of hydrogen-bond donors (Lipinski definition) is 1. The SMILES string of the molecule is CCNCc1ncnn1CCCOCCOC. The fourth-order valence-electron chi connectivity index (χ4n) is 1.41. The molecule has 0 saturated carbocycles. The number of rotatable bonds is 10. The van der Waals surface area contributed by atoms with Gasteiger partial charge < -0.3 is 14.8 Å². The second-order valence-corrected chi connectivity index (χ2v) is 3.64. The summed E-state index contributed by atoms with van der Waals surface area (Å²) in [5.74, 6) is 0.976. The van der Waals surface area contributed by atoms with Gasteiger partial charge in [-0.15, -0.1) is 0 Å². The lowest BCUT2D eigenvalue weighted by Gasteiger charge is -2.07. The zero-order valence-electron chi connectivity index (χ0n) is 10.7. The Bertz CT molecular complexity index is 291. The first-order valence-corrected chi connectivity index (χ1v) is 6.02. The van der Waals surface area contributed by atoms with Crippen LogP contribution in [0.5, 0.6) is 0 Å². The lowest BCUT2D eigenvalue weighted by Crippen LogP contribution is -2.17. The minimum atomic E-state index is 0.648. The Morgan fingerprint density at radius 3 is 3.00 bits per heavy atom. The zero-order chi connectivity index (χ0) is 12.3. The van der Waals surface area contributed by atoms with Crippen molar-refractivity contribution in [3.05, 3.63) is 12.2 Å². The molecule has 0 aliphatic heterocycles. The predicted octanol–water partition coefficient (Wildman–Crippen LogP) is 0.441. The fourth-order valence-corrected chi connectivity index (χ4v) is 1.41. The molecule has 0 saturated heterocycles. The summed E-state index contributed by atoms with van der Waals surface area (Å²) in [7, 11) is 1.67. The van der Waals surface area contributed by atoms with E-state index in [0.717, 1.165) is 38.5 Å². The smallest absolute Gasteiger partial charge is 0.140 e. The molecule has 1 N–H and O–H groups in total. The molecular formula is C11H22N4O2. The molecule has 0 spiro atoms. The van der Waals surface area contributed by atoms with Crippen LogP contribution in [-0.4, -0.2) is 48.2 Å². The van der Waals surface area contributed by atoms with Crippen molar-refractivity contribution in [2.75, 3.05) is 33.5 Å². The first kappa shape index (κ1) is 14.1. The molecule has 0 bridgehead atoms. The lowest BCUT2D eigenvalue weighted by atomic mass is 10.4. The zero-order valence-corrected chi connectivity index (χ0v) is 10.7. The molecule has 6 heteroatoms. The third-order valence-electron chi connectivity index (χ3n) is 2.32. The summed E-state index contributed by atoms with van der Waals surface area (Å²) >= 11 is 0. The molecule has 17 heavy (non-hydrogen) atoms. The van der Waals surface area contributed by atoms with Crippen molar-refractivity contribution in [3.63, 3.8) is 0 Å². The maximum atomic E-state index is 5.39. The molecule has 1 rings (SSSR count). The van der Waals surface area contributed by atoms with Crippen molar-refractivity contribution in [2.24, 2.45) is 0 Å². The molecule has 6 nitrogen and oxygen atoms in total. The van der Waals surface area contributed by atoms with Crippen LogP contribution >= 0.6 is 0 Å². The van der Waals surface area contributed by atoms with E-state index in [1.807, 2.05) is 4.68 Å². The Balaban J connectivity index is 2.15. The van der Waals surface area contributed by atoms with E-state index >= 15 is 0 Å². The Hall–Kier alpha value is -0.980. The van der Waals surface area contributed by atoms with E-state index in [1.165, 1.54) is 0 Å². The van der Waals surface area contributed by atoms with E-state index in [-0.39, 0.29) is 0 Å². The highest BCUT2D eigenvalue weighted by molar-refractivity contribution is 4.83. The topological polar surface area (TPSA) is 61.2 Å². The van der Waals surface area contributed by atoms with Gasteiger partial charge in [-0.05, 0) is 13.0 Å². The highest BCUT2D eigenvalue weighted by Crippen LogP contribution is 1.96. The van der Waals surface area contributed by atoms with E-state index < -0.39 is 0 Å². The van der Waals surface area contributed by atoms with Crippen molar-refractivity contribution in [1.82, 2.24) is 20.1 Å². The summed E-state index contributed by atoms with van der Waals surface area (Å²) in [6.45, 7) is 6.64. The molecule has 0 aliphatic carbocycles. The van der Waals surface area contributed by atoms with Gasteiger partial charge in [0, 0.05) is 20.3 Å². The number of aryl methyl sites for hydroxylation is 1. The first-order valence-electron chi connectivity index (χ1n) is 6.02. The van der Waals surface area contributed by atoms with Crippen LogP contribution in [0.4, 0.5) is 0 Å². The van der Waals surface area contributed by atoms with Crippen molar-refractivity contribution >= 4 is 0 Å². The normalized spacial score (nSPS) is 10.9. The summed E-state index contributed by atoms with van der Waals surface area (Å²) < 4.78 is 12.2. The maximum absolute atomic E-state index is 5.39. The number of hydrogen-bond acceptors (Lipinski definition) is 5. The van der Waals surface area contributed by atoms with E-state index in [1.54, 1.807) is 13.4 Å². The minimum Gasteiger partial charge on any atom is -0.382 e. The van der Waals surface area contributed by atoms with Gasteiger partial charge in [-0.2, -0.15) is 5.10 Å². The monoisotopic (exact) mass is 242 g/mol. The second-order valence-electron chi connectivity index (χ2n) is 3.64. The third kappa shape index (κ3) is 5.76. The molecule has 0 aliphatic rings. The summed E-state index contributed by atoms with van der Waals surface area (Å²) in [4.78, 5) is 4.21. The van der Waals surface area contributed by atoms with Crippen molar-refractivity contribution in [2.45, 2.75) is 26.4 Å².